The Bertz CT molecular complexity index is 468. The van der Waals surface area contributed by atoms with E-state index in [4.69, 9.17) is 5.11 Å². The summed E-state index contributed by atoms with van der Waals surface area (Å²) in [7, 11) is 1.73. The summed E-state index contributed by atoms with van der Waals surface area (Å²) in [4.78, 5) is 29.6. The van der Waals surface area contributed by atoms with E-state index in [1.807, 2.05) is 6.92 Å². The zero-order valence-electron chi connectivity index (χ0n) is 11.8. The molecule has 0 atom stereocenters. The Hall–Kier alpha value is -1.43. The number of rotatable bonds is 6. The van der Waals surface area contributed by atoms with E-state index in [1.54, 1.807) is 43.3 Å². The van der Waals surface area contributed by atoms with E-state index in [1.165, 1.54) is 0 Å². The van der Waals surface area contributed by atoms with Gasteiger partial charge in [0, 0.05) is 24.5 Å². The third-order valence-electron chi connectivity index (χ3n) is 2.75. The molecule has 0 fully saturated rings. The third-order valence-corrected chi connectivity index (χ3v) is 3.64. The number of carboxylic acids is 1. The van der Waals surface area contributed by atoms with Gasteiger partial charge in [-0.25, -0.2) is 4.98 Å². The van der Waals surface area contributed by atoms with Crippen LogP contribution in [0.15, 0.2) is 6.20 Å². The second-order valence-corrected chi connectivity index (χ2v) is 6.83. The van der Waals surface area contributed by atoms with Gasteiger partial charge in [-0.05, 0) is 12.3 Å². The van der Waals surface area contributed by atoms with Crippen LogP contribution in [0, 0.1) is 12.3 Å². The number of carboxylic acid groups (broad SMARTS) is 1. The molecule has 0 bridgehead atoms. The molecule has 1 amide bonds. The Kier molecular flexibility index (Phi) is 5.05. The van der Waals surface area contributed by atoms with Crippen molar-refractivity contribution in [3.05, 3.63) is 16.1 Å². The zero-order valence-corrected chi connectivity index (χ0v) is 12.6. The monoisotopic (exact) mass is 284 g/mol. The number of hydrogen-bond acceptors (Lipinski definition) is 4. The lowest BCUT2D eigenvalue weighted by Gasteiger charge is -2.25. The highest BCUT2D eigenvalue weighted by atomic mass is 32.1. The lowest BCUT2D eigenvalue weighted by molar-refractivity contribution is -0.140. The van der Waals surface area contributed by atoms with Crippen molar-refractivity contribution in [1.82, 2.24) is 9.88 Å². The Balaban J connectivity index is 2.55. The molecule has 1 rings (SSSR count). The maximum atomic E-state index is 12.1. The fraction of sp³-hybridized carbons (Fsp3) is 0.615. The number of aryl methyl sites for hydroxylation is 1. The molecule has 5 nitrogen and oxygen atoms in total. The van der Waals surface area contributed by atoms with Crippen molar-refractivity contribution in [1.29, 1.82) is 0 Å². The average Bonchev–Trinajstić information content (AvgIpc) is 2.60. The molecule has 0 saturated carbocycles. The highest BCUT2D eigenvalue weighted by molar-refractivity contribution is 7.11. The summed E-state index contributed by atoms with van der Waals surface area (Å²) < 4.78 is 0. The van der Waals surface area contributed by atoms with E-state index in [-0.39, 0.29) is 18.7 Å². The van der Waals surface area contributed by atoms with Crippen LogP contribution in [0.1, 0.15) is 36.6 Å². The summed E-state index contributed by atoms with van der Waals surface area (Å²) in [5, 5.41) is 9.78. The molecule has 106 valence electrons. The molecule has 1 aromatic heterocycles. The standard InChI is InChI=1S/C13H20N2O3S/c1-9-14-7-10(19-9)8-15(4)11(16)5-13(2,3)6-12(17)18/h7H,5-6,8H2,1-4H3,(H,17,18). The van der Waals surface area contributed by atoms with E-state index in [9.17, 15) is 9.59 Å². The van der Waals surface area contributed by atoms with Gasteiger partial charge in [-0.1, -0.05) is 13.8 Å². The number of aromatic nitrogens is 1. The molecule has 0 unspecified atom stereocenters. The van der Waals surface area contributed by atoms with Gasteiger partial charge in [0.1, 0.15) is 0 Å². The van der Waals surface area contributed by atoms with Gasteiger partial charge in [0.05, 0.1) is 18.0 Å². The van der Waals surface area contributed by atoms with Crippen molar-refractivity contribution in [2.75, 3.05) is 7.05 Å². The van der Waals surface area contributed by atoms with Gasteiger partial charge < -0.3 is 10.0 Å². The van der Waals surface area contributed by atoms with E-state index in [0.29, 0.717) is 6.54 Å². The quantitative estimate of drug-likeness (QED) is 0.870. The Morgan fingerprint density at radius 3 is 2.53 bits per heavy atom. The van der Waals surface area contributed by atoms with Crippen LogP contribution in [-0.2, 0) is 16.1 Å². The number of nitrogens with zero attached hydrogens (tertiary/aromatic N) is 2. The van der Waals surface area contributed by atoms with Crippen molar-refractivity contribution in [3.8, 4) is 0 Å². The van der Waals surface area contributed by atoms with E-state index in [2.05, 4.69) is 4.98 Å². The number of aliphatic carboxylic acids is 1. The molecule has 1 aromatic rings. The molecule has 1 heterocycles. The van der Waals surface area contributed by atoms with Crippen molar-refractivity contribution < 1.29 is 14.7 Å². The molecule has 0 aliphatic carbocycles. The summed E-state index contributed by atoms with van der Waals surface area (Å²) in [6.07, 6.45) is 1.99. The first-order chi connectivity index (χ1) is 8.69. The minimum absolute atomic E-state index is 0.00769. The molecule has 0 aliphatic rings. The Labute approximate surface area is 117 Å². The second kappa shape index (κ2) is 6.14. The van der Waals surface area contributed by atoms with Crippen LogP contribution >= 0.6 is 11.3 Å². The molecule has 6 heteroatoms. The zero-order chi connectivity index (χ0) is 14.6. The molecule has 0 aliphatic heterocycles. The molecule has 0 aromatic carbocycles. The summed E-state index contributed by atoms with van der Waals surface area (Å²) >= 11 is 1.56. The number of carbonyl (C=O) groups excluding carboxylic acids is 1. The first kappa shape index (κ1) is 15.6. The van der Waals surface area contributed by atoms with Crippen LogP contribution in [0.2, 0.25) is 0 Å². The third kappa shape index (κ3) is 5.38. The molecule has 0 radical (unpaired) electrons. The molecule has 1 N–H and O–H groups in total. The van der Waals surface area contributed by atoms with Gasteiger partial charge in [0.15, 0.2) is 0 Å². The Morgan fingerprint density at radius 1 is 1.42 bits per heavy atom. The molecule has 0 spiro atoms. The number of carbonyl (C=O) groups is 2. The van der Waals surface area contributed by atoms with Crippen LogP contribution in [-0.4, -0.2) is 33.9 Å². The fourth-order valence-corrected chi connectivity index (χ4v) is 2.67. The average molecular weight is 284 g/mol. The van der Waals surface area contributed by atoms with E-state index in [0.717, 1.165) is 9.88 Å². The Morgan fingerprint density at radius 2 is 2.05 bits per heavy atom. The highest BCUT2D eigenvalue weighted by Gasteiger charge is 2.26. The minimum atomic E-state index is -0.876. The van der Waals surface area contributed by atoms with Gasteiger partial charge in [-0.3, -0.25) is 9.59 Å². The van der Waals surface area contributed by atoms with Crippen LogP contribution in [0.4, 0.5) is 0 Å². The summed E-state index contributed by atoms with van der Waals surface area (Å²) in [6.45, 7) is 6.03. The first-order valence-corrected chi connectivity index (χ1v) is 6.88. The normalized spacial score (nSPS) is 11.4. The molecule has 0 saturated heterocycles. The lowest BCUT2D eigenvalue weighted by atomic mass is 9.85. The maximum absolute atomic E-state index is 12.1. The number of thiazole rings is 1. The van der Waals surface area contributed by atoms with Crippen molar-refractivity contribution in [2.24, 2.45) is 5.41 Å². The van der Waals surface area contributed by atoms with Crippen LogP contribution in [0.25, 0.3) is 0 Å². The smallest absolute Gasteiger partial charge is 0.303 e. The van der Waals surface area contributed by atoms with Gasteiger partial charge in [-0.2, -0.15) is 0 Å². The van der Waals surface area contributed by atoms with Crippen molar-refractivity contribution in [3.63, 3.8) is 0 Å². The van der Waals surface area contributed by atoms with Gasteiger partial charge >= 0.3 is 5.97 Å². The summed E-state index contributed by atoms with van der Waals surface area (Å²) in [6, 6.07) is 0. The van der Waals surface area contributed by atoms with Crippen LogP contribution < -0.4 is 0 Å². The number of amides is 1. The fourth-order valence-electron chi connectivity index (χ4n) is 1.82. The summed E-state index contributed by atoms with van der Waals surface area (Å²) in [5.74, 6) is -0.921. The van der Waals surface area contributed by atoms with Crippen molar-refractivity contribution >= 4 is 23.2 Å². The van der Waals surface area contributed by atoms with E-state index < -0.39 is 11.4 Å². The molecule has 19 heavy (non-hydrogen) atoms. The lowest BCUT2D eigenvalue weighted by Crippen LogP contribution is -2.31. The predicted octanol–water partition coefficient (Wildman–Crippen LogP) is 2.30. The second-order valence-electron chi connectivity index (χ2n) is 5.51. The van der Waals surface area contributed by atoms with Crippen molar-refractivity contribution in [2.45, 2.75) is 40.2 Å². The van der Waals surface area contributed by atoms with Gasteiger partial charge in [-0.15, -0.1) is 11.3 Å². The summed E-state index contributed by atoms with van der Waals surface area (Å²) in [5.41, 5.74) is -0.527. The van der Waals surface area contributed by atoms with Gasteiger partial charge in [0.25, 0.3) is 0 Å². The van der Waals surface area contributed by atoms with Crippen LogP contribution in [0.5, 0.6) is 0 Å². The molecular weight excluding hydrogens is 264 g/mol. The topological polar surface area (TPSA) is 70.5 Å². The SMILES string of the molecule is Cc1ncc(CN(C)C(=O)CC(C)(C)CC(=O)O)s1. The minimum Gasteiger partial charge on any atom is -0.481 e. The predicted molar refractivity (Wildman–Crippen MR) is 74.0 cm³/mol. The van der Waals surface area contributed by atoms with Crippen LogP contribution in [0.3, 0.4) is 0 Å². The number of hydrogen-bond donors (Lipinski definition) is 1. The highest BCUT2D eigenvalue weighted by Crippen LogP contribution is 2.26. The van der Waals surface area contributed by atoms with Gasteiger partial charge in [0.2, 0.25) is 5.91 Å². The van der Waals surface area contributed by atoms with E-state index >= 15 is 0 Å². The molecular formula is C13H20N2O3S. The first-order valence-electron chi connectivity index (χ1n) is 6.07. The maximum Gasteiger partial charge on any atom is 0.303 e. The largest absolute Gasteiger partial charge is 0.481 e.